The Morgan fingerprint density at radius 2 is 2.00 bits per heavy atom. The molecule has 0 N–H and O–H groups in total. The molecule has 0 atom stereocenters. The first-order chi connectivity index (χ1) is 12.9. The van der Waals surface area contributed by atoms with Gasteiger partial charge in [0.15, 0.2) is 0 Å². The van der Waals surface area contributed by atoms with Gasteiger partial charge in [0.1, 0.15) is 16.6 Å². The Morgan fingerprint density at radius 3 is 2.63 bits per heavy atom. The first-order valence-corrected chi connectivity index (χ1v) is 9.76. The van der Waals surface area contributed by atoms with E-state index in [0.29, 0.717) is 11.1 Å². The molecule has 27 heavy (non-hydrogen) atoms. The standard InChI is InChI=1S/C19H14N4O2S2/c1-10-12(18(24)23(3)19(25)13(10)9-20)6-11-7-14-16(27-11)8-15(22(14)2)17-21-4-5-26-17/h4-8H,1-3H3/b12-6-. The highest BCUT2D eigenvalue weighted by Gasteiger charge is 2.32. The molecule has 3 aromatic rings. The lowest BCUT2D eigenvalue weighted by atomic mass is 9.95. The second-order valence-corrected chi connectivity index (χ2v) is 8.17. The van der Waals surface area contributed by atoms with Crippen LogP contribution in [0.2, 0.25) is 0 Å². The average molecular weight is 394 g/mol. The Labute approximate surface area is 163 Å². The van der Waals surface area contributed by atoms with E-state index in [2.05, 4.69) is 15.6 Å². The molecule has 0 aliphatic carbocycles. The van der Waals surface area contributed by atoms with Crippen LogP contribution in [0.15, 0.2) is 40.4 Å². The second-order valence-electron chi connectivity index (χ2n) is 6.16. The number of nitrogens with zero attached hydrogens (tertiary/aromatic N) is 4. The van der Waals surface area contributed by atoms with Crippen LogP contribution in [0.3, 0.4) is 0 Å². The predicted octanol–water partition coefficient (Wildman–Crippen LogP) is 3.59. The maximum Gasteiger partial charge on any atom is 0.271 e. The summed E-state index contributed by atoms with van der Waals surface area (Å²) < 4.78 is 3.17. The highest BCUT2D eigenvalue weighted by atomic mass is 32.1. The monoisotopic (exact) mass is 394 g/mol. The van der Waals surface area contributed by atoms with E-state index in [0.717, 1.165) is 30.7 Å². The summed E-state index contributed by atoms with van der Waals surface area (Å²) in [5.41, 5.74) is 2.90. The molecule has 0 saturated heterocycles. The molecule has 4 heterocycles. The largest absolute Gasteiger partial charge is 0.341 e. The van der Waals surface area contributed by atoms with Crippen LogP contribution in [0.1, 0.15) is 11.8 Å². The van der Waals surface area contributed by atoms with E-state index in [-0.39, 0.29) is 5.57 Å². The Balaban J connectivity index is 1.81. The molecule has 0 spiro atoms. The normalized spacial score (nSPS) is 16.7. The molecule has 0 aromatic carbocycles. The number of thiazole rings is 1. The van der Waals surface area contributed by atoms with Gasteiger partial charge in [-0.25, -0.2) is 4.98 Å². The number of hydrogen-bond donors (Lipinski definition) is 0. The van der Waals surface area contributed by atoms with Gasteiger partial charge in [-0.15, -0.1) is 22.7 Å². The number of nitriles is 1. The molecular weight excluding hydrogens is 380 g/mol. The number of aryl methyl sites for hydroxylation is 1. The number of amides is 2. The van der Waals surface area contributed by atoms with Crippen molar-refractivity contribution in [2.45, 2.75) is 6.92 Å². The molecule has 8 heteroatoms. The quantitative estimate of drug-likeness (QED) is 0.491. The molecule has 1 aliphatic rings. The van der Waals surface area contributed by atoms with Crippen LogP contribution in [0.25, 0.3) is 27.0 Å². The van der Waals surface area contributed by atoms with Crippen molar-refractivity contribution in [2.75, 3.05) is 7.05 Å². The lowest BCUT2D eigenvalue weighted by Crippen LogP contribution is -2.39. The molecule has 0 saturated carbocycles. The fourth-order valence-electron chi connectivity index (χ4n) is 3.10. The minimum absolute atomic E-state index is 0.00974. The van der Waals surface area contributed by atoms with Crippen molar-refractivity contribution < 1.29 is 9.59 Å². The van der Waals surface area contributed by atoms with Gasteiger partial charge in [-0.1, -0.05) is 0 Å². The summed E-state index contributed by atoms with van der Waals surface area (Å²) in [6.07, 6.45) is 3.54. The van der Waals surface area contributed by atoms with Crippen LogP contribution in [-0.4, -0.2) is 33.3 Å². The SMILES string of the molecule is CC1=C(C#N)C(=O)N(C)C(=O)/C1=C\c1cc2c(cc(-c3nccs3)n2C)s1. The van der Waals surface area contributed by atoms with Crippen molar-refractivity contribution in [2.24, 2.45) is 7.05 Å². The molecule has 6 nitrogen and oxygen atoms in total. The molecule has 0 bridgehead atoms. The highest BCUT2D eigenvalue weighted by Crippen LogP contribution is 2.35. The smallest absolute Gasteiger partial charge is 0.271 e. The minimum Gasteiger partial charge on any atom is -0.341 e. The van der Waals surface area contributed by atoms with E-state index < -0.39 is 11.8 Å². The number of fused-ring (bicyclic) bond motifs is 1. The van der Waals surface area contributed by atoms with Crippen molar-refractivity contribution in [3.05, 3.63) is 45.3 Å². The number of imide groups is 1. The van der Waals surface area contributed by atoms with E-state index >= 15 is 0 Å². The summed E-state index contributed by atoms with van der Waals surface area (Å²) >= 11 is 3.14. The van der Waals surface area contributed by atoms with Crippen LogP contribution in [-0.2, 0) is 16.6 Å². The van der Waals surface area contributed by atoms with E-state index in [1.165, 1.54) is 7.05 Å². The van der Waals surface area contributed by atoms with Crippen LogP contribution in [0.5, 0.6) is 0 Å². The summed E-state index contributed by atoms with van der Waals surface area (Å²) in [4.78, 5) is 30.8. The second kappa shape index (κ2) is 6.30. The summed E-state index contributed by atoms with van der Waals surface area (Å²) in [5, 5.41) is 12.2. The topological polar surface area (TPSA) is 79.0 Å². The van der Waals surface area contributed by atoms with Crippen LogP contribution in [0, 0.1) is 11.3 Å². The van der Waals surface area contributed by atoms with Gasteiger partial charge in [0, 0.05) is 36.1 Å². The highest BCUT2D eigenvalue weighted by molar-refractivity contribution is 7.20. The molecule has 134 valence electrons. The van der Waals surface area contributed by atoms with Gasteiger partial charge in [-0.05, 0) is 30.7 Å². The molecule has 1 aliphatic heterocycles. The first-order valence-electron chi connectivity index (χ1n) is 8.07. The lowest BCUT2D eigenvalue weighted by molar-refractivity contribution is -0.138. The van der Waals surface area contributed by atoms with Gasteiger partial charge in [-0.3, -0.25) is 14.5 Å². The number of aromatic nitrogens is 2. The molecule has 0 radical (unpaired) electrons. The number of thiophene rings is 1. The van der Waals surface area contributed by atoms with Gasteiger partial charge < -0.3 is 4.57 Å². The average Bonchev–Trinajstić information content (AvgIpc) is 3.36. The fraction of sp³-hybridized carbons (Fsp3) is 0.158. The fourth-order valence-corrected chi connectivity index (χ4v) is 4.86. The van der Waals surface area contributed by atoms with Crippen LogP contribution in [0.4, 0.5) is 0 Å². The summed E-state index contributed by atoms with van der Waals surface area (Å²) in [6, 6.07) is 6.01. The summed E-state index contributed by atoms with van der Waals surface area (Å²) in [7, 11) is 3.38. The zero-order valence-electron chi connectivity index (χ0n) is 14.8. The minimum atomic E-state index is -0.554. The van der Waals surface area contributed by atoms with Crippen molar-refractivity contribution >= 4 is 50.8 Å². The molecule has 0 unspecified atom stereocenters. The van der Waals surface area contributed by atoms with E-state index in [4.69, 9.17) is 0 Å². The van der Waals surface area contributed by atoms with Gasteiger partial charge in [0.05, 0.1) is 15.9 Å². The predicted molar refractivity (Wildman–Crippen MR) is 106 cm³/mol. The molecule has 4 rings (SSSR count). The van der Waals surface area contributed by atoms with E-state index in [1.54, 1.807) is 41.9 Å². The zero-order valence-corrected chi connectivity index (χ0v) is 16.4. The first kappa shape index (κ1) is 17.4. The maximum atomic E-state index is 12.5. The third-order valence-corrected chi connectivity index (χ3v) is 6.45. The Kier molecular flexibility index (Phi) is 4.06. The third kappa shape index (κ3) is 2.63. The number of rotatable bonds is 2. The Hall–Kier alpha value is -3.02. The van der Waals surface area contributed by atoms with Crippen molar-refractivity contribution in [1.29, 1.82) is 5.26 Å². The van der Waals surface area contributed by atoms with Crippen molar-refractivity contribution in [3.8, 4) is 16.8 Å². The van der Waals surface area contributed by atoms with E-state index in [9.17, 15) is 14.9 Å². The number of carbonyl (C=O) groups excluding carboxylic acids is 2. The Bertz CT molecular complexity index is 1200. The lowest BCUT2D eigenvalue weighted by Gasteiger charge is -2.23. The Morgan fingerprint density at radius 1 is 1.22 bits per heavy atom. The van der Waals surface area contributed by atoms with Gasteiger partial charge in [0.2, 0.25) is 0 Å². The number of carbonyl (C=O) groups is 2. The van der Waals surface area contributed by atoms with Gasteiger partial charge in [-0.2, -0.15) is 5.26 Å². The molecule has 0 fully saturated rings. The van der Waals surface area contributed by atoms with Gasteiger partial charge >= 0.3 is 0 Å². The third-order valence-electron chi connectivity index (χ3n) is 4.63. The number of likely N-dealkylation sites (N-methyl/N-ethyl adjacent to an activating group) is 1. The number of hydrogen-bond acceptors (Lipinski definition) is 6. The van der Waals surface area contributed by atoms with Crippen LogP contribution < -0.4 is 0 Å². The zero-order chi connectivity index (χ0) is 19.3. The van der Waals surface area contributed by atoms with Crippen LogP contribution >= 0.6 is 22.7 Å². The van der Waals surface area contributed by atoms with E-state index in [1.807, 2.05) is 24.6 Å². The molecule has 3 aromatic heterocycles. The molecule has 2 amide bonds. The maximum absolute atomic E-state index is 12.5. The summed E-state index contributed by atoms with van der Waals surface area (Å²) in [6.45, 7) is 1.64. The summed E-state index contributed by atoms with van der Waals surface area (Å²) in [5.74, 6) is -0.945. The van der Waals surface area contributed by atoms with Crippen molar-refractivity contribution in [1.82, 2.24) is 14.5 Å². The van der Waals surface area contributed by atoms with Crippen molar-refractivity contribution in [3.63, 3.8) is 0 Å². The molecular formula is C19H14N4O2S2. The van der Waals surface area contributed by atoms with Gasteiger partial charge in [0.25, 0.3) is 11.8 Å².